The van der Waals surface area contributed by atoms with Gasteiger partial charge in [0, 0.05) is 13.1 Å². The van der Waals surface area contributed by atoms with E-state index in [1.807, 2.05) is 35.2 Å². The van der Waals surface area contributed by atoms with E-state index >= 15 is 0 Å². The Balaban J connectivity index is 1.42. The zero-order valence-corrected chi connectivity index (χ0v) is 19.8. The first-order valence-electron chi connectivity index (χ1n) is 11.6. The van der Waals surface area contributed by atoms with Crippen LogP contribution in [0.3, 0.4) is 0 Å². The molecule has 1 heterocycles. The first-order valence-corrected chi connectivity index (χ1v) is 11.6. The maximum Gasteiger partial charge on any atom is 0.416 e. The Kier molecular flexibility index (Phi) is 8.29. The molecule has 10 heteroatoms. The van der Waals surface area contributed by atoms with Crippen molar-refractivity contribution in [1.29, 1.82) is 0 Å². The van der Waals surface area contributed by atoms with E-state index in [0.717, 1.165) is 17.7 Å². The number of ether oxygens (including phenoxy) is 3. The first kappa shape index (κ1) is 26.0. The minimum atomic E-state index is -4.58. The molecule has 4 rings (SSSR count). The van der Waals surface area contributed by atoms with Gasteiger partial charge in [0.1, 0.15) is 17.9 Å². The highest BCUT2D eigenvalue weighted by atomic mass is 19.4. The number of amides is 1. The van der Waals surface area contributed by atoms with Crippen molar-refractivity contribution in [3.8, 4) is 5.75 Å². The SMILES string of the molecule is O=C(COC(=O)c1ccccc1OCc1ccccc1)Nc1cc(C(F)(F)F)ccc1N1CCOCC1. The average molecular weight is 515 g/mol. The lowest BCUT2D eigenvalue weighted by Crippen LogP contribution is -2.37. The molecule has 7 nitrogen and oxygen atoms in total. The number of anilines is 2. The molecule has 0 aliphatic carbocycles. The van der Waals surface area contributed by atoms with Crippen LogP contribution in [0.4, 0.5) is 24.5 Å². The quantitative estimate of drug-likeness (QED) is 0.431. The van der Waals surface area contributed by atoms with Crippen molar-refractivity contribution in [2.24, 2.45) is 0 Å². The Morgan fingerprint density at radius 2 is 1.65 bits per heavy atom. The van der Waals surface area contributed by atoms with Crippen LogP contribution in [0.2, 0.25) is 0 Å². The summed E-state index contributed by atoms with van der Waals surface area (Å²) in [7, 11) is 0. The van der Waals surface area contributed by atoms with Gasteiger partial charge in [-0.15, -0.1) is 0 Å². The lowest BCUT2D eigenvalue weighted by molar-refractivity contribution is -0.137. The van der Waals surface area contributed by atoms with Crippen LogP contribution < -0.4 is 15.0 Å². The fourth-order valence-electron chi connectivity index (χ4n) is 3.78. The number of carbonyl (C=O) groups excluding carboxylic acids is 2. The minimum Gasteiger partial charge on any atom is -0.488 e. The largest absolute Gasteiger partial charge is 0.488 e. The summed E-state index contributed by atoms with van der Waals surface area (Å²) < 4.78 is 56.1. The Morgan fingerprint density at radius 3 is 2.38 bits per heavy atom. The Labute approximate surface area is 211 Å². The summed E-state index contributed by atoms with van der Waals surface area (Å²) in [5, 5.41) is 2.46. The number of hydrogen-bond acceptors (Lipinski definition) is 6. The molecule has 0 atom stereocenters. The van der Waals surface area contributed by atoms with E-state index in [1.54, 1.807) is 18.2 Å². The first-order chi connectivity index (χ1) is 17.8. The fraction of sp³-hybridized carbons (Fsp3) is 0.259. The molecule has 194 valence electrons. The lowest BCUT2D eigenvalue weighted by Gasteiger charge is -2.31. The number of nitrogens with one attached hydrogen (secondary N) is 1. The number of hydrogen-bond donors (Lipinski definition) is 1. The van der Waals surface area contributed by atoms with Crippen LogP contribution in [0.1, 0.15) is 21.5 Å². The number of esters is 1. The molecule has 0 radical (unpaired) electrons. The summed E-state index contributed by atoms with van der Waals surface area (Å²) >= 11 is 0. The van der Waals surface area contributed by atoms with Crippen LogP contribution >= 0.6 is 0 Å². The molecule has 1 fully saturated rings. The van der Waals surface area contributed by atoms with Gasteiger partial charge in [0.05, 0.1) is 30.2 Å². The molecular weight excluding hydrogens is 489 g/mol. The van der Waals surface area contributed by atoms with Gasteiger partial charge in [-0.3, -0.25) is 4.79 Å². The van der Waals surface area contributed by atoms with Gasteiger partial charge in [-0.25, -0.2) is 4.79 Å². The summed E-state index contributed by atoms with van der Waals surface area (Å²) in [6.45, 7) is 1.29. The van der Waals surface area contributed by atoms with Crippen molar-refractivity contribution >= 4 is 23.3 Å². The predicted molar refractivity (Wildman–Crippen MR) is 131 cm³/mol. The summed E-state index contributed by atoms with van der Waals surface area (Å²) in [6.07, 6.45) is -4.58. The summed E-state index contributed by atoms with van der Waals surface area (Å²) in [4.78, 5) is 27.1. The van der Waals surface area contributed by atoms with Crippen molar-refractivity contribution in [3.63, 3.8) is 0 Å². The van der Waals surface area contributed by atoms with E-state index in [2.05, 4.69) is 5.32 Å². The smallest absolute Gasteiger partial charge is 0.416 e. The van der Waals surface area contributed by atoms with Gasteiger partial charge in [-0.05, 0) is 35.9 Å². The zero-order chi connectivity index (χ0) is 26.3. The van der Waals surface area contributed by atoms with Crippen molar-refractivity contribution < 1.29 is 37.0 Å². The molecule has 1 amide bonds. The molecule has 0 aromatic heterocycles. The third-order valence-corrected chi connectivity index (χ3v) is 5.63. The summed E-state index contributed by atoms with van der Waals surface area (Å²) in [5.41, 5.74) is 0.530. The summed E-state index contributed by atoms with van der Waals surface area (Å²) in [6, 6.07) is 19.0. The van der Waals surface area contributed by atoms with Gasteiger partial charge in [-0.1, -0.05) is 42.5 Å². The maximum absolute atomic E-state index is 13.3. The van der Waals surface area contributed by atoms with Gasteiger partial charge in [0.2, 0.25) is 0 Å². The Hall–Kier alpha value is -4.05. The predicted octanol–water partition coefficient (Wildman–Crippen LogP) is 4.92. The van der Waals surface area contributed by atoms with E-state index in [-0.39, 0.29) is 23.6 Å². The molecule has 1 aliphatic heterocycles. The second-order valence-electron chi connectivity index (χ2n) is 8.22. The van der Waals surface area contributed by atoms with Crippen molar-refractivity contribution in [2.75, 3.05) is 43.1 Å². The normalized spacial score (nSPS) is 13.6. The van der Waals surface area contributed by atoms with Crippen LogP contribution in [0.5, 0.6) is 5.75 Å². The standard InChI is InChI=1S/C27H25F3N2O5/c28-27(29,30)20-10-11-23(32-12-14-35-15-13-32)22(16-20)31-25(33)18-37-26(34)21-8-4-5-9-24(21)36-17-19-6-2-1-3-7-19/h1-11,16H,12-15,17-18H2,(H,31,33). The second kappa shape index (κ2) is 11.8. The van der Waals surface area contributed by atoms with Gasteiger partial charge in [0.25, 0.3) is 5.91 Å². The highest BCUT2D eigenvalue weighted by molar-refractivity contribution is 5.98. The van der Waals surface area contributed by atoms with Gasteiger partial charge >= 0.3 is 12.1 Å². The number of benzene rings is 3. The van der Waals surface area contributed by atoms with Crippen LogP contribution in [0.15, 0.2) is 72.8 Å². The van der Waals surface area contributed by atoms with Crippen LogP contribution in [-0.4, -0.2) is 44.8 Å². The Morgan fingerprint density at radius 1 is 0.946 bits per heavy atom. The number of alkyl halides is 3. The summed E-state index contributed by atoms with van der Waals surface area (Å²) in [5.74, 6) is -1.29. The number of para-hydroxylation sites is 1. The van der Waals surface area contributed by atoms with E-state index in [9.17, 15) is 22.8 Å². The van der Waals surface area contributed by atoms with Crippen LogP contribution in [0, 0.1) is 0 Å². The van der Waals surface area contributed by atoms with Crippen LogP contribution in [0.25, 0.3) is 0 Å². The van der Waals surface area contributed by atoms with Crippen LogP contribution in [-0.2, 0) is 27.1 Å². The molecule has 0 unspecified atom stereocenters. The topological polar surface area (TPSA) is 77.1 Å². The van der Waals surface area contributed by atoms with E-state index in [4.69, 9.17) is 14.2 Å². The average Bonchev–Trinajstić information content (AvgIpc) is 2.91. The molecule has 37 heavy (non-hydrogen) atoms. The van der Waals surface area contributed by atoms with Gasteiger partial charge in [0.15, 0.2) is 6.61 Å². The van der Waals surface area contributed by atoms with E-state index < -0.39 is 30.2 Å². The van der Waals surface area contributed by atoms with Crippen molar-refractivity contribution in [2.45, 2.75) is 12.8 Å². The number of carbonyl (C=O) groups is 2. The van der Waals surface area contributed by atoms with Gasteiger partial charge in [-0.2, -0.15) is 13.2 Å². The van der Waals surface area contributed by atoms with Crippen molar-refractivity contribution in [1.82, 2.24) is 0 Å². The van der Waals surface area contributed by atoms with Gasteiger partial charge < -0.3 is 24.4 Å². The number of halogens is 3. The second-order valence-corrected chi connectivity index (χ2v) is 8.22. The molecule has 1 aliphatic rings. The molecular formula is C27H25F3N2O5. The molecule has 1 saturated heterocycles. The molecule has 3 aromatic rings. The molecule has 0 bridgehead atoms. The minimum absolute atomic E-state index is 0.0237. The molecule has 1 N–H and O–H groups in total. The zero-order valence-electron chi connectivity index (χ0n) is 19.8. The monoisotopic (exact) mass is 514 g/mol. The Bertz CT molecular complexity index is 1230. The molecule has 0 saturated carbocycles. The van der Waals surface area contributed by atoms with E-state index in [0.29, 0.717) is 32.0 Å². The lowest BCUT2D eigenvalue weighted by atomic mass is 10.1. The molecule has 0 spiro atoms. The van der Waals surface area contributed by atoms with Crippen molar-refractivity contribution in [3.05, 3.63) is 89.5 Å². The third kappa shape index (κ3) is 7.01. The van der Waals surface area contributed by atoms with E-state index in [1.165, 1.54) is 12.1 Å². The maximum atomic E-state index is 13.3. The molecule has 3 aromatic carbocycles. The highest BCUT2D eigenvalue weighted by Crippen LogP contribution is 2.35. The number of morpholine rings is 1. The highest BCUT2D eigenvalue weighted by Gasteiger charge is 2.32. The third-order valence-electron chi connectivity index (χ3n) is 5.63. The number of rotatable bonds is 8. The fourth-order valence-corrected chi connectivity index (χ4v) is 3.78. The number of nitrogens with zero attached hydrogens (tertiary/aromatic N) is 1.